The molecule has 0 aromatic carbocycles. The summed E-state index contributed by atoms with van der Waals surface area (Å²) in [5.74, 6) is -0.309. The zero-order valence-corrected chi connectivity index (χ0v) is 12.3. The summed E-state index contributed by atoms with van der Waals surface area (Å²) in [6.45, 7) is 0. The van der Waals surface area contributed by atoms with Crippen molar-refractivity contribution in [1.29, 1.82) is 0 Å². The fourth-order valence-electron chi connectivity index (χ4n) is 1.56. The Kier molecular flexibility index (Phi) is 4.39. The SMILES string of the molecule is CN(C)c1ccc(NC(=O)Nc2sccc2C(=O)O)cn1. The molecule has 0 saturated heterocycles. The molecule has 2 aromatic rings. The zero-order chi connectivity index (χ0) is 15.4. The highest BCUT2D eigenvalue weighted by Crippen LogP contribution is 2.23. The van der Waals surface area contributed by atoms with E-state index in [0.29, 0.717) is 5.69 Å². The van der Waals surface area contributed by atoms with Crippen molar-refractivity contribution in [3.05, 3.63) is 35.3 Å². The first kappa shape index (κ1) is 14.8. The standard InChI is InChI=1S/C13H14N4O3S/c1-17(2)10-4-3-8(7-14-10)15-13(20)16-11-9(12(18)19)5-6-21-11/h3-7H,1-2H3,(H,18,19)(H2,15,16,20). The molecular weight excluding hydrogens is 292 g/mol. The van der Waals surface area contributed by atoms with Gasteiger partial charge in [-0.2, -0.15) is 0 Å². The van der Waals surface area contributed by atoms with Gasteiger partial charge in [-0.25, -0.2) is 14.6 Å². The Balaban J connectivity index is 2.01. The number of carbonyl (C=O) groups excluding carboxylic acids is 1. The first-order chi connectivity index (χ1) is 9.97. The van der Waals surface area contributed by atoms with Gasteiger partial charge in [-0.15, -0.1) is 11.3 Å². The maximum atomic E-state index is 11.8. The number of hydrogen-bond acceptors (Lipinski definition) is 5. The van der Waals surface area contributed by atoms with Crippen molar-refractivity contribution in [2.24, 2.45) is 0 Å². The van der Waals surface area contributed by atoms with Gasteiger partial charge < -0.3 is 15.3 Å². The number of urea groups is 1. The number of aromatic nitrogens is 1. The third-order valence-corrected chi connectivity index (χ3v) is 3.42. The van der Waals surface area contributed by atoms with E-state index in [1.807, 2.05) is 19.0 Å². The summed E-state index contributed by atoms with van der Waals surface area (Å²) < 4.78 is 0. The molecule has 0 aliphatic heterocycles. The van der Waals surface area contributed by atoms with Gasteiger partial charge in [0, 0.05) is 14.1 Å². The van der Waals surface area contributed by atoms with Crippen LogP contribution in [0.25, 0.3) is 0 Å². The van der Waals surface area contributed by atoms with E-state index in [4.69, 9.17) is 5.11 Å². The van der Waals surface area contributed by atoms with Crippen molar-refractivity contribution in [2.75, 3.05) is 29.6 Å². The number of carboxylic acids is 1. The molecule has 0 aliphatic carbocycles. The van der Waals surface area contributed by atoms with Crippen LogP contribution in [0.2, 0.25) is 0 Å². The van der Waals surface area contributed by atoms with Gasteiger partial charge in [0.1, 0.15) is 10.8 Å². The average Bonchev–Trinajstić information content (AvgIpc) is 2.87. The van der Waals surface area contributed by atoms with E-state index in [0.717, 1.165) is 17.2 Å². The first-order valence-electron chi connectivity index (χ1n) is 5.99. The van der Waals surface area contributed by atoms with Gasteiger partial charge in [-0.1, -0.05) is 0 Å². The molecule has 2 rings (SSSR count). The minimum atomic E-state index is -1.08. The second kappa shape index (κ2) is 6.23. The first-order valence-corrected chi connectivity index (χ1v) is 6.87. The molecule has 3 N–H and O–H groups in total. The molecule has 7 nitrogen and oxygen atoms in total. The maximum Gasteiger partial charge on any atom is 0.338 e. The van der Waals surface area contributed by atoms with Crippen LogP contribution >= 0.6 is 11.3 Å². The van der Waals surface area contributed by atoms with Gasteiger partial charge in [-0.05, 0) is 23.6 Å². The lowest BCUT2D eigenvalue weighted by molar-refractivity contribution is 0.0698. The molecule has 0 atom stereocenters. The van der Waals surface area contributed by atoms with Gasteiger partial charge >= 0.3 is 12.0 Å². The smallest absolute Gasteiger partial charge is 0.338 e. The zero-order valence-electron chi connectivity index (χ0n) is 11.5. The number of nitrogens with one attached hydrogen (secondary N) is 2. The lowest BCUT2D eigenvalue weighted by atomic mass is 10.3. The number of carboxylic acid groups (broad SMARTS) is 1. The summed E-state index contributed by atoms with van der Waals surface area (Å²) >= 11 is 1.15. The van der Waals surface area contributed by atoms with Crippen LogP contribution in [-0.4, -0.2) is 36.2 Å². The van der Waals surface area contributed by atoms with E-state index < -0.39 is 12.0 Å². The summed E-state index contributed by atoms with van der Waals surface area (Å²) in [5.41, 5.74) is 0.586. The van der Waals surface area contributed by atoms with E-state index in [-0.39, 0.29) is 10.6 Å². The molecule has 2 heterocycles. The lowest BCUT2D eigenvalue weighted by Gasteiger charge is -2.12. The van der Waals surface area contributed by atoms with E-state index in [1.54, 1.807) is 17.5 Å². The number of rotatable bonds is 4. The predicted molar refractivity (Wildman–Crippen MR) is 82.5 cm³/mol. The largest absolute Gasteiger partial charge is 0.478 e. The molecule has 0 saturated carbocycles. The summed E-state index contributed by atoms with van der Waals surface area (Å²) in [6.07, 6.45) is 1.53. The number of anilines is 3. The average molecular weight is 306 g/mol. The van der Waals surface area contributed by atoms with Crippen molar-refractivity contribution in [3.8, 4) is 0 Å². The number of amides is 2. The summed E-state index contributed by atoms with van der Waals surface area (Å²) in [4.78, 5) is 28.8. The molecule has 21 heavy (non-hydrogen) atoms. The number of aromatic carboxylic acids is 1. The highest BCUT2D eigenvalue weighted by molar-refractivity contribution is 7.14. The van der Waals surface area contributed by atoms with Gasteiger partial charge in [0.25, 0.3) is 0 Å². The van der Waals surface area contributed by atoms with Crippen molar-refractivity contribution in [2.45, 2.75) is 0 Å². The van der Waals surface area contributed by atoms with Gasteiger partial charge in [0.2, 0.25) is 0 Å². The number of nitrogens with zero attached hydrogens (tertiary/aromatic N) is 2. The Hall–Kier alpha value is -2.61. The fourth-order valence-corrected chi connectivity index (χ4v) is 2.34. The second-order valence-electron chi connectivity index (χ2n) is 4.35. The van der Waals surface area contributed by atoms with Crippen LogP contribution in [0.3, 0.4) is 0 Å². The Morgan fingerprint density at radius 2 is 2.00 bits per heavy atom. The number of thiophene rings is 1. The van der Waals surface area contributed by atoms with Crippen LogP contribution in [0.4, 0.5) is 21.3 Å². The Morgan fingerprint density at radius 3 is 2.57 bits per heavy atom. The van der Waals surface area contributed by atoms with Gasteiger partial charge in [0.05, 0.1) is 17.4 Å². The fraction of sp³-hybridized carbons (Fsp3) is 0.154. The van der Waals surface area contributed by atoms with Crippen molar-refractivity contribution in [3.63, 3.8) is 0 Å². The molecule has 0 aliphatic rings. The molecule has 0 fully saturated rings. The lowest BCUT2D eigenvalue weighted by Crippen LogP contribution is -2.20. The molecule has 0 radical (unpaired) electrons. The molecule has 0 spiro atoms. The Bertz CT molecular complexity index is 652. The van der Waals surface area contributed by atoms with Crippen molar-refractivity contribution in [1.82, 2.24) is 4.98 Å². The third kappa shape index (κ3) is 3.69. The minimum absolute atomic E-state index is 0.0660. The van der Waals surface area contributed by atoms with Crippen LogP contribution in [0.1, 0.15) is 10.4 Å². The van der Waals surface area contributed by atoms with Crippen molar-refractivity contribution >= 4 is 39.8 Å². The normalized spacial score (nSPS) is 10.0. The second-order valence-corrected chi connectivity index (χ2v) is 5.26. The van der Waals surface area contributed by atoms with Crippen LogP contribution in [0.15, 0.2) is 29.8 Å². The Morgan fingerprint density at radius 1 is 1.24 bits per heavy atom. The third-order valence-electron chi connectivity index (χ3n) is 2.59. The number of carbonyl (C=O) groups is 2. The summed E-state index contributed by atoms with van der Waals surface area (Å²) in [6, 6.07) is 4.41. The molecule has 8 heteroatoms. The summed E-state index contributed by atoms with van der Waals surface area (Å²) in [5, 5.41) is 16.0. The van der Waals surface area contributed by atoms with Crippen LogP contribution in [0, 0.1) is 0 Å². The molecule has 110 valence electrons. The molecule has 0 unspecified atom stereocenters. The number of pyridine rings is 1. The predicted octanol–water partition coefficient (Wildman–Crippen LogP) is 2.55. The van der Waals surface area contributed by atoms with Crippen molar-refractivity contribution < 1.29 is 14.7 Å². The maximum absolute atomic E-state index is 11.8. The van der Waals surface area contributed by atoms with Gasteiger partial charge in [0.15, 0.2) is 0 Å². The molecule has 0 bridgehead atoms. The van der Waals surface area contributed by atoms with Crippen LogP contribution in [-0.2, 0) is 0 Å². The van der Waals surface area contributed by atoms with E-state index >= 15 is 0 Å². The minimum Gasteiger partial charge on any atom is -0.478 e. The topological polar surface area (TPSA) is 94.6 Å². The van der Waals surface area contributed by atoms with E-state index in [2.05, 4.69) is 15.6 Å². The molecule has 2 aromatic heterocycles. The highest BCUT2D eigenvalue weighted by atomic mass is 32.1. The Labute approximate surface area is 125 Å². The summed E-state index contributed by atoms with van der Waals surface area (Å²) in [7, 11) is 3.73. The van der Waals surface area contributed by atoms with E-state index in [1.165, 1.54) is 12.3 Å². The monoisotopic (exact) mass is 306 g/mol. The quantitative estimate of drug-likeness (QED) is 0.807. The highest BCUT2D eigenvalue weighted by Gasteiger charge is 2.13. The molecular formula is C13H14N4O3S. The molecule has 2 amide bonds. The van der Waals surface area contributed by atoms with E-state index in [9.17, 15) is 9.59 Å². The number of hydrogen-bond donors (Lipinski definition) is 3. The van der Waals surface area contributed by atoms with Crippen LogP contribution in [0.5, 0.6) is 0 Å². The van der Waals surface area contributed by atoms with Crippen LogP contribution < -0.4 is 15.5 Å². The van der Waals surface area contributed by atoms with Gasteiger partial charge in [-0.3, -0.25) is 5.32 Å².